The van der Waals surface area contributed by atoms with Crippen molar-refractivity contribution in [3.05, 3.63) is 35.7 Å². The van der Waals surface area contributed by atoms with Gasteiger partial charge in [-0.25, -0.2) is 4.98 Å². The molecule has 0 spiro atoms. The monoisotopic (exact) mass is 296 g/mol. The molecule has 5 rings (SSSR count). The van der Waals surface area contributed by atoms with E-state index in [9.17, 15) is 4.79 Å². The topological polar surface area (TPSA) is 55.1 Å². The van der Waals surface area contributed by atoms with E-state index in [4.69, 9.17) is 4.42 Å². The van der Waals surface area contributed by atoms with E-state index in [1.54, 1.807) is 6.26 Å². The van der Waals surface area contributed by atoms with Gasteiger partial charge in [-0.3, -0.25) is 4.79 Å². The lowest BCUT2D eigenvalue weighted by molar-refractivity contribution is -0.120. The van der Waals surface area contributed by atoms with Crippen LogP contribution in [0.2, 0.25) is 0 Å². The zero-order valence-electron chi connectivity index (χ0n) is 12.9. The van der Waals surface area contributed by atoms with Gasteiger partial charge in [0.15, 0.2) is 0 Å². The zero-order chi connectivity index (χ0) is 15.3. The first-order chi connectivity index (χ1) is 10.6. The molecular formula is C18H20N2O2. The van der Waals surface area contributed by atoms with E-state index in [1.165, 1.54) is 12.8 Å². The summed E-state index contributed by atoms with van der Waals surface area (Å²) in [5.74, 6) is 2.39. The average Bonchev–Trinajstić information content (AvgIpc) is 3.14. The number of carbonyl (C=O) groups is 1. The number of hydrogen-bond acceptors (Lipinski definition) is 3. The third-order valence-corrected chi connectivity index (χ3v) is 5.12. The van der Waals surface area contributed by atoms with E-state index < -0.39 is 0 Å². The molecule has 3 aliphatic carbocycles. The SMILES string of the molecule is Cc1coc(-c2cc(NC(=O)C3CC4CC3C4)ccc2C)n1. The molecule has 2 aromatic rings. The van der Waals surface area contributed by atoms with Gasteiger partial charge in [0.05, 0.1) is 5.69 Å². The summed E-state index contributed by atoms with van der Waals surface area (Å²) in [5.41, 5.74) is 3.70. The van der Waals surface area contributed by atoms with E-state index >= 15 is 0 Å². The molecule has 4 heteroatoms. The minimum Gasteiger partial charge on any atom is -0.444 e. The van der Waals surface area contributed by atoms with E-state index in [0.717, 1.165) is 34.8 Å². The van der Waals surface area contributed by atoms with Crippen molar-refractivity contribution in [2.75, 3.05) is 5.32 Å². The van der Waals surface area contributed by atoms with Crippen molar-refractivity contribution in [3.63, 3.8) is 0 Å². The smallest absolute Gasteiger partial charge is 0.227 e. The third kappa shape index (κ3) is 2.23. The molecule has 1 aromatic carbocycles. The lowest BCUT2D eigenvalue weighted by Crippen LogP contribution is -2.25. The van der Waals surface area contributed by atoms with Crippen molar-refractivity contribution in [2.45, 2.75) is 33.1 Å². The second-order valence-corrected chi connectivity index (χ2v) is 6.75. The Morgan fingerprint density at radius 2 is 2.09 bits per heavy atom. The number of amides is 1. The summed E-state index contributed by atoms with van der Waals surface area (Å²) < 4.78 is 5.49. The number of hydrogen-bond donors (Lipinski definition) is 1. The summed E-state index contributed by atoms with van der Waals surface area (Å²) in [6, 6.07) is 5.91. The molecule has 0 aliphatic heterocycles. The predicted molar refractivity (Wildman–Crippen MR) is 84.4 cm³/mol. The van der Waals surface area contributed by atoms with Crippen LogP contribution in [0.3, 0.4) is 0 Å². The number of benzene rings is 1. The average molecular weight is 296 g/mol. The summed E-state index contributed by atoms with van der Waals surface area (Å²) in [4.78, 5) is 16.8. The highest BCUT2D eigenvalue weighted by atomic mass is 16.3. The first-order valence-electron chi connectivity index (χ1n) is 7.94. The van der Waals surface area contributed by atoms with E-state index in [1.807, 2.05) is 32.0 Å². The quantitative estimate of drug-likeness (QED) is 0.933. The Labute approximate surface area is 129 Å². The molecule has 0 saturated heterocycles. The van der Waals surface area contributed by atoms with Crippen LogP contribution >= 0.6 is 0 Å². The van der Waals surface area contributed by atoms with Crippen LogP contribution in [-0.2, 0) is 4.79 Å². The zero-order valence-corrected chi connectivity index (χ0v) is 12.9. The van der Waals surface area contributed by atoms with Crippen molar-refractivity contribution < 1.29 is 9.21 Å². The summed E-state index contributed by atoms with van der Waals surface area (Å²) >= 11 is 0. The van der Waals surface area contributed by atoms with Gasteiger partial charge in [0.2, 0.25) is 11.8 Å². The fourth-order valence-corrected chi connectivity index (χ4v) is 3.82. The van der Waals surface area contributed by atoms with Gasteiger partial charge in [-0.1, -0.05) is 6.07 Å². The number of aryl methyl sites for hydroxylation is 2. The van der Waals surface area contributed by atoms with E-state index in [0.29, 0.717) is 11.8 Å². The molecule has 1 N–H and O–H groups in total. The van der Waals surface area contributed by atoms with Crippen LogP contribution in [0.15, 0.2) is 28.9 Å². The molecule has 4 nitrogen and oxygen atoms in total. The summed E-state index contributed by atoms with van der Waals surface area (Å²) in [7, 11) is 0. The van der Waals surface area contributed by atoms with Crippen molar-refractivity contribution in [1.29, 1.82) is 0 Å². The Hall–Kier alpha value is -2.10. The number of anilines is 1. The number of nitrogens with zero attached hydrogens (tertiary/aromatic N) is 1. The van der Waals surface area contributed by atoms with E-state index in [2.05, 4.69) is 10.3 Å². The molecule has 3 fully saturated rings. The number of oxazole rings is 1. The summed E-state index contributed by atoms with van der Waals surface area (Å²) in [5, 5.41) is 3.08. The van der Waals surface area contributed by atoms with Crippen LogP contribution in [0.5, 0.6) is 0 Å². The molecule has 1 amide bonds. The number of carbonyl (C=O) groups excluding carboxylic acids is 1. The summed E-state index contributed by atoms with van der Waals surface area (Å²) in [6.45, 7) is 3.92. The van der Waals surface area contributed by atoms with Crippen LogP contribution in [0.25, 0.3) is 11.5 Å². The molecule has 1 heterocycles. The molecule has 22 heavy (non-hydrogen) atoms. The molecule has 3 aliphatic rings. The van der Waals surface area contributed by atoms with Crippen molar-refractivity contribution in [3.8, 4) is 11.5 Å². The Morgan fingerprint density at radius 3 is 2.73 bits per heavy atom. The van der Waals surface area contributed by atoms with Crippen LogP contribution in [0.4, 0.5) is 5.69 Å². The fraction of sp³-hybridized carbons (Fsp3) is 0.444. The highest BCUT2D eigenvalue weighted by Gasteiger charge is 2.47. The van der Waals surface area contributed by atoms with Crippen molar-refractivity contribution >= 4 is 11.6 Å². The Kier molecular flexibility index (Phi) is 3.06. The molecule has 1 atom stereocenters. The molecule has 2 bridgehead atoms. The van der Waals surface area contributed by atoms with Gasteiger partial charge in [0, 0.05) is 17.2 Å². The maximum atomic E-state index is 12.4. The molecule has 114 valence electrons. The number of nitrogens with one attached hydrogen (secondary N) is 1. The first kappa shape index (κ1) is 13.6. The fourth-order valence-electron chi connectivity index (χ4n) is 3.82. The highest BCUT2D eigenvalue weighted by molar-refractivity contribution is 5.93. The highest BCUT2D eigenvalue weighted by Crippen LogP contribution is 2.52. The Bertz CT molecular complexity index is 728. The van der Waals surface area contributed by atoms with E-state index in [-0.39, 0.29) is 11.8 Å². The van der Waals surface area contributed by atoms with Crippen LogP contribution < -0.4 is 5.32 Å². The maximum absolute atomic E-state index is 12.4. The van der Waals surface area contributed by atoms with Crippen LogP contribution in [0, 0.1) is 31.6 Å². The maximum Gasteiger partial charge on any atom is 0.227 e. The second-order valence-electron chi connectivity index (χ2n) is 6.75. The van der Waals surface area contributed by atoms with Crippen LogP contribution in [-0.4, -0.2) is 10.9 Å². The second kappa shape index (κ2) is 4.97. The minimum atomic E-state index is 0.170. The summed E-state index contributed by atoms with van der Waals surface area (Å²) in [6.07, 6.45) is 5.19. The van der Waals surface area contributed by atoms with Crippen molar-refractivity contribution in [1.82, 2.24) is 4.98 Å². The molecule has 1 aromatic heterocycles. The number of aromatic nitrogens is 1. The largest absolute Gasteiger partial charge is 0.444 e. The predicted octanol–water partition coefficient (Wildman–Crippen LogP) is 3.94. The lowest BCUT2D eigenvalue weighted by Gasteiger charge is -2.24. The van der Waals surface area contributed by atoms with Gasteiger partial charge in [0.25, 0.3) is 0 Å². The molecule has 1 unspecified atom stereocenters. The van der Waals surface area contributed by atoms with Gasteiger partial charge in [-0.05, 0) is 62.6 Å². The number of rotatable bonds is 3. The lowest BCUT2D eigenvalue weighted by atomic mass is 9.82. The van der Waals surface area contributed by atoms with Gasteiger partial charge < -0.3 is 9.73 Å². The van der Waals surface area contributed by atoms with Gasteiger partial charge in [-0.2, -0.15) is 0 Å². The molecule has 0 radical (unpaired) electrons. The van der Waals surface area contributed by atoms with Gasteiger partial charge >= 0.3 is 0 Å². The molecular weight excluding hydrogens is 276 g/mol. The van der Waals surface area contributed by atoms with Gasteiger partial charge in [-0.15, -0.1) is 0 Å². The Morgan fingerprint density at radius 1 is 1.27 bits per heavy atom. The standard InChI is InChI=1S/C18H20N2O2/c1-10-3-4-14(8-15(10)18-19-11(2)9-22-18)20-17(21)16-7-12-5-13(16)6-12/h3-4,8-9,12-13,16H,5-7H2,1-2H3,(H,20,21). The Balaban J connectivity index is 1.56. The number of fused-ring (bicyclic) bond motifs is 1. The van der Waals surface area contributed by atoms with Crippen molar-refractivity contribution in [2.24, 2.45) is 17.8 Å². The molecule has 3 saturated carbocycles. The minimum absolute atomic E-state index is 0.170. The van der Waals surface area contributed by atoms with Crippen LogP contribution in [0.1, 0.15) is 30.5 Å². The van der Waals surface area contributed by atoms with Gasteiger partial charge in [0.1, 0.15) is 6.26 Å². The first-order valence-corrected chi connectivity index (χ1v) is 7.94. The normalized spacial score (nSPS) is 25.8. The third-order valence-electron chi connectivity index (χ3n) is 5.12.